The Morgan fingerprint density at radius 1 is 1.50 bits per heavy atom. The van der Waals surface area contributed by atoms with E-state index >= 15 is 0 Å². The van der Waals surface area contributed by atoms with Crippen LogP contribution in [0.15, 0.2) is 35.1 Å². The van der Waals surface area contributed by atoms with Gasteiger partial charge in [0.15, 0.2) is 0 Å². The molecule has 18 heavy (non-hydrogen) atoms. The Hall–Kier alpha value is -1.20. The molecule has 0 spiro atoms. The van der Waals surface area contributed by atoms with Crippen LogP contribution in [0.2, 0.25) is 0 Å². The molecule has 1 atom stereocenters. The zero-order valence-corrected chi connectivity index (χ0v) is 11.9. The summed E-state index contributed by atoms with van der Waals surface area (Å²) in [6.07, 6.45) is 3.63. The highest BCUT2D eigenvalue weighted by atomic mass is 79.9. The molecule has 0 aliphatic rings. The number of imidazole rings is 1. The van der Waals surface area contributed by atoms with Gasteiger partial charge in [-0.05, 0) is 40.2 Å². The highest BCUT2D eigenvalue weighted by molar-refractivity contribution is 9.10. The van der Waals surface area contributed by atoms with Gasteiger partial charge in [-0.3, -0.25) is 0 Å². The van der Waals surface area contributed by atoms with Crippen LogP contribution < -0.4 is 5.32 Å². The van der Waals surface area contributed by atoms with Crippen LogP contribution in [-0.4, -0.2) is 16.1 Å². The van der Waals surface area contributed by atoms with Gasteiger partial charge in [-0.1, -0.05) is 13.0 Å². The molecule has 2 aromatic rings. The van der Waals surface area contributed by atoms with Crippen molar-refractivity contribution >= 4 is 15.9 Å². The number of rotatable bonds is 4. The van der Waals surface area contributed by atoms with E-state index in [-0.39, 0.29) is 11.9 Å². The van der Waals surface area contributed by atoms with Crippen LogP contribution in [0.25, 0.3) is 0 Å². The third-order valence-corrected chi connectivity index (χ3v) is 3.45. The molecule has 0 aliphatic heterocycles. The van der Waals surface area contributed by atoms with Gasteiger partial charge < -0.3 is 9.88 Å². The van der Waals surface area contributed by atoms with Crippen LogP contribution >= 0.6 is 15.9 Å². The Balaban J connectivity index is 2.41. The Bertz CT molecular complexity index is 539. The molecule has 0 amide bonds. The second-order valence-electron chi connectivity index (χ2n) is 4.06. The molecule has 5 heteroatoms. The first kappa shape index (κ1) is 13.2. The highest BCUT2D eigenvalue weighted by Crippen LogP contribution is 2.24. The van der Waals surface area contributed by atoms with E-state index in [0.29, 0.717) is 4.47 Å². The summed E-state index contributed by atoms with van der Waals surface area (Å²) in [6, 6.07) is 5.05. The Kier molecular flexibility index (Phi) is 4.14. The molecule has 0 radical (unpaired) electrons. The van der Waals surface area contributed by atoms with Crippen molar-refractivity contribution in [1.29, 1.82) is 0 Å². The molecule has 1 heterocycles. The SMILES string of the molecule is CCNC(c1ccc(Br)c(F)c1)c1nccn1C. The summed E-state index contributed by atoms with van der Waals surface area (Å²) in [5.41, 5.74) is 0.867. The van der Waals surface area contributed by atoms with Crippen molar-refractivity contribution < 1.29 is 4.39 Å². The van der Waals surface area contributed by atoms with Crippen molar-refractivity contribution in [3.05, 3.63) is 52.3 Å². The van der Waals surface area contributed by atoms with Gasteiger partial charge in [0.2, 0.25) is 0 Å². The molecule has 0 saturated carbocycles. The summed E-state index contributed by atoms with van der Waals surface area (Å²) in [7, 11) is 1.93. The van der Waals surface area contributed by atoms with Gasteiger partial charge in [0.25, 0.3) is 0 Å². The van der Waals surface area contributed by atoms with Gasteiger partial charge in [-0.2, -0.15) is 0 Å². The number of benzene rings is 1. The predicted molar refractivity (Wildman–Crippen MR) is 72.8 cm³/mol. The summed E-state index contributed by atoms with van der Waals surface area (Å²) >= 11 is 3.16. The molecule has 0 aliphatic carbocycles. The molecule has 1 aromatic carbocycles. The normalized spacial score (nSPS) is 12.7. The van der Waals surface area contributed by atoms with E-state index in [1.165, 1.54) is 6.07 Å². The Morgan fingerprint density at radius 2 is 2.28 bits per heavy atom. The number of hydrogen-bond donors (Lipinski definition) is 1. The van der Waals surface area contributed by atoms with Crippen molar-refractivity contribution in [2.75, 3.05) is 6.54 Å². The maximum Gasteiger partial charge on any atom is 0.137 e. The van der Waals surface area contributed by atoms with Gasteiger partial charge in [-0.15, -0.1) is 0 Å². The fourth-order valence-electron chi connectivity index (χ4n) is 1.91. The van der Waals surface area contributed by atoms with Crippen LogP contribution in [0.5, 0.6) is 0 Å². The molecule has 1 N–H and O–H groups in total. The van der Waals surface area contributed by atoms with E-state index in [2.05, 4.69) is 26.2 Å². The fraction of sp³-hybridized carbons (Fsp3) is 0.308. The van der Waals surface area contributed by atoms with Gasteiger partial charge in [0.05, 0.1) is 10.5 Å². The lowest BCUT2D eigenvalue weighted by molar-refractivity contribution is 0.566. The van der Waals surface area contributed by atoms with Crippen LogP contribution in [-0.2, 0) is 7.05 Å². The van der Waals surface area contributed by atoms with E-state index in [9.17, 15) is 4.39 Å². The monoisotopic (exact) mass is 311 g/mol. The standard InChI is InChI=1S/C13H15BrFN3/c1-3-16-12(13-17-6-7-18(13)2)9-4-5-10(14)11(15)8-9/h4-8,12,16H,3H2,1-2H3. The molecular weight excluding hydrogens is 297 g/mol. The fourth-order valence-corrected chi connectivity index (χ4v) is 2.16. The predicted octanol–water partition coefficient (Wildman–Crippen LogP) is 3.02. The maximum absolute atomic E-state index is 13.6. The maximum atomic E-state index is 13.6. The first-order chi connectivity index (χ1) is 8.63. The summed E-state index contributed by atoms with van der Waals surface area (Å²) in [5, 5.41) is 3.32. The number of nitrogens with zero attached hydrogens (tertiary/aromatic N) is 2. The van der Waals surface area contributed by atoms with Crippen LogP contribution in [0.4, 0.5) is 4.39 Å². The first-order valence-corrected chi connectivity index (χ1v) is 6.58. The van der Waals surface area contributed by atoms with E-state index in [1.54, 1.807) is 12.3 Å². The second kappa shape index (κ2) is 5.63. The highest BCUT2D eigenvalue weighted by Gasteiger charge is 2.18. The average Bonchev–Trinajstić information content (AvgIpc) is 2.76. The van der Waals surface area contributed by atoms with Crippen LogP contribution in [0, 0.1) is 5.82 Å². The lowest BCUT2D eigenvalue weighted by atomic mass is 10.1. The van der Waals surface area contributed by atoms with Crippen molar-refractivity contribution in [3.8, 4) is 0 Å². The molecule has 1 aromatic heterocycles. The largest absolute Gasteiger partial charge is 0.336 e. The number of aromatic nitrogens is 2. The van der Waals surface area contributed by atoms with E-state index < -0.39 is 0 Å². The summed E-state index contributed by atoms with van der Waals surface area (Å²) in [4.78, 5) is 4.33. The molecule has 3 nitrogen and oxygen atoms in total. The van der Waals surface area contributed by atoms with Crippen molar-refractivity contribution in [2.45, 2.75) is 13.0 Å². The quantitative estimate of drug-likeness (QED) is 0.940. The van der Waals surface area contributed by atoms with Crippen molar-refractivity contribution in [1.82, 2.24) is 14.9 Å². The lowest BCUT2D eigenvalue weighted by Crippen LogP contribution is -2.24. The zero-order valence-electron chi connectivity index (χ0n) is 10.3. The smallest absolute Gasteiger partial charge is 0.137 e. The second-order valence-corrected chi connectivity index (χ2v) is 4.91. The van der Waals surface area contributed by atoms with Gasteiger partial charge in [0.1, 0.15) is 11.6 Å². The molecule has 2 rings (SSSR count). The lowest BCUT2D eigenvalue weighted by Gasteiger charge is -2.18. The summed E-state index contributed by atoms with van der Waals surface area (Å²) < 4.78 is 16.0. The number of nitrogens with one attached hydrogen (secondary N) is 1. The van der Waals surface area contributed by atoms with Gasteiger partial charge in [0, 0.05) is 19.4 Å². The van der Waals surface area contributed by atoms with E-state index in [1.807, 2.05) is 30.8 Å². The molecule has 0 saturated heterocycles. The summed E-state index contributed by atoms with van der Waals surface area (Å²) in [6.45, 7) is 2.81. The topological polar surface area (TPSA) is 29.9 Å². The molecular formula is C13H15BrFN3. The molecule has 1 unspecified atom stereocenters. The first-order valence-electron chi connectivity index (χ1n) is 5.79. The van der Waals surface area contributed by atoms with E-state index in [4.69, 9.17) is 0 Å². The van der Waals surface area contributed by atoms with E-state index in [0.717, 1.165) is 17.9 Å². The third kappa shape index (κ3) is 2.62. The molecule has 0 bridgehead atoms. The minimum absolute atomic E-state index is 0.0994. The van der Waals surface area contributed by atoms with Crippen molar-refractivity contribution in [2.24, 2.45) is 7.05 Å². The Morgan fingerprint density at radius 3 is 2.83 bits per heavy atom. The number of aryl methyl sites for hydroxylation is 1. The van der Waals surface area contributed by atoms with Crippen LogP contribution in [0.3, 0.4) is 0 Å². The van der Waals surface area contributed by atoms with Crippen molar-refractivity contribution in [3.63, 3.8) is 0 Å². The van der Waals surface area contributed by atoms with Gasteiger partial charge in [-0.25, -0.2) is 9.37 Å². The summed E-state index contributed by atoms with van der Waals surface area (Å²) in [5.74, 6) is 0.614. The molecule has 96 valence electrons. The third-order valence-electron chi connectivity index (χ3n) is 2.80. The minimum Gasteiger partial charge on any atom is -0.336 e. The number of halogens is 2. The molecule has 0 fully saturated rings. The average molecular weight is 312 g/mol. The number of hydrogen-bond acceptors (Lipinski definition) is 2. The van der Waals surface area contributed by atoms with Crippen LogP contribution in [0.1, 0.15) is 24.4 Å². The minimum atomic E-state index is -0.260. The van der Waals surface area contributed by atoms with Gasteiger partial charge >= 0.3 is 0 Å². The Labute approximate surface area is 114 Å². The zero-order chi connectivity index (χ0) is 13.1.